The Morgan fingerprint density at radius 1 is 1.16 bits per heavy atom. The van der Waals surface area contributed by atoms with Crippen LogP contribution in [0.1, 0.15) is 53.2 Å². The largest absolute Gasteiger partial charge is 0.468 e. The van der Waals surface area contributed by atoms with Crippen LogP contribution in [-0.2, 0) is 16.6 Å². The number of sulfonamides is 1. The molecule has 8 heteroatoms. The van der Waals surface area contributed by atoms with Crippen molar-refractivity contribution in [3.8, 4) is 5.69 Å². The maximum atomic E-state index is 13.4. The number of nitrogens with two attached hydrogens (primary N) is 1. The summed E-state index contributed by atoms with van der Waals surface area (Å²) in [6.45, 7) is 4.81. The molecule has 2 N–H and O–H groups in total. The maximum Gasteiger partial charge on any atom is 0.238 e. The summed E-state index contributed by atoms with van der Waals surface area (Å²) in [5, 5.41) is 5.20. The SMILES string of the molecule is Cc1cc(C(=O)CN(Cc2ccco2)C2CCCC2)c(C)n1-c1ccc(S(N)(=O)=O)cc1. The third-order valence-corrected chi connectivity index (χ3v) is 7.21. The van der Waals surface area contributed by atoms with Crippen molar-refractivity contribution in [2.24, 2.45) is 5.14 Å². The molecule has 7 nitrogen and oxygen atoms in total. The lowest BCUT2D eigenvalue weighted by Gasteiger charge is -2.27. The molecule has 0 unspecified atom stereocenters. The number of rotatable bonds is 8. The molecule has 2 heterocycles. The second-order valence-electron chi connectivity index (χ2n) is 8.50. The first-order valence-corrected chi connectivity index (χ1v) is 12.4. The molecule has 32 heavy (non-hydrogen) atoms. The molecule has 0 aliphatic heterocycles. The zero-order chi connectivity index (χ0) is 22.9. The molecule has 3 aromatic rings. The van der Waals surface area contributed by atoms with Crippen LogP contribution in [0.4, 0.5) is 0 Å². The summed E-state index contributed by atoms with van der Waals surface area (Å²) in [5.74, 6) is 0.939. The van der Waals surface area contributed by atoms with Gasteiger partial charge in [0.1, 0.15) is 5.76 Å². The number of hydrogen-bond donors (Lipinski definition) is 1. The van der Waals surface area contributed by atoms with Crippen LogP contribution in [0.15, 0.2) is 58.0 Å². The molecule has 1 aliphatic carbocycles. The summed E-state index contributed by atoms with van der Waals surface area (Å²) >= 11 is 0. The number of aryl methyl sites for hydroxylation is 1. The Kier molecular flexibility index (Phi) is 6.37. The topological polar surface area (TPSA) is 98.5 Å². The number of benzene rings is 1. The number of primary sulfonamides is 1. The summed E-state index contributed by atoms with van der Waals surface area (Å²) in [5.41, 5.74) is 3.21. The summed E-state index contributed by atoms with van der Waals surface area (Å²) in [6.07, 6.45) is 6.25. The van der Waals surface area contributed by atoms with Crippen LogP contribution in [0.3, 0.4) is 0 Å². The Hall–Kier alpha value is -2.68. The van der Waals surface area contributed by atoms with Gasteiger partial charge in [0.15, 0.2) is 5.78 Å². The Labute approximate surface area is 188 Å². The van der Waals surface area contributed by atoms with Crippen LogP contribution < -0.4 is 5.14 Å². The quantitative estimate of drug-likeness (QED) is 0.519. The van der Waals surface area contributed by atoms with Crippen molar-refractivity contribution in [2.75, 3.05) is 6.54 Å². The Bertz CT molecular complexity index is 1190. The van der Waals surface area contributed by atoms with Crippen molar-refractivity contribution < 1.29 is 17.6 Å². The Morgan fingerprint density at radius 2 is 1.84 bits per heavy atom. The van der Waals surface area contributed by atoms with Crippen LogP contribution in [-0.4, -0.2) is 36.3 Å². The normalized spacial score (nSPS) is 15.0. The van der Waals surface area contributed by atoms with Gasteiger partial charge in [0.25, 0.3) is 0 Å². The van der Waals surface area contributed by atoms with Crippen molar-refractivity contribution in [1.29, 1.82) is 0 Å². The van der Waals surface area contributed by atoms with Crippen LogP contribution in [0, 0.1) is 13.8 Å². The fourth-order valence-corrected chi connectivity index (χ4v) is 5.20. The lowest BCUT2D eigenvalue weighted by Crippen LogP contribution is -2.37. The van der Waals surface area contributed by atoms with Gasteiger partial charge in [-0.25, -0.2) is 13.6 Å². The highest BCUT2D eigenvalue weighted by Crippen LogP contribution is 2.27. The van der Waals surface area contributed by atoms with E-state index >= 15 is 0 Å². The van der Waals surface area contributed by atoms with Crippen LogP contribution in [0.2, 0.25) is 0 Å². The van der Waals surface area contributed by atoms with Gasteiger partial charge in [-0.05, 0) is 69.2 Å². The molecule has 1 aromatic carbocycles. The second-order valence-corrected chi connectivity index (χ2v) is 10.1. The highest BCUT2D eigenvalue weighted by atomic mass is 32.2. The number of Topliss-reactive ketones (excluding diaryl/α,β-unsaturated/α-hetero) is 1. The van der Waals surface area contributed by atoms with E-state index < -0.39 is 10.0 Å². The molecule has 170 valence electrons. The maximum absolute atomic E-state index is 13.4. The molecule has 4 rings (SSSR count). The minimum Gasteiger partial charge on any atom is -0.468 e. The van der Waals surface area contributed by atoms with Crippen LogP contribution in [0.25, 0.3) is 5.69 Å². The molecule has 0 spiro atoms. The third-order valence-electron chi connectivity index (χ3n) is 6.28. The first-order valence-electron chi connectivity index (χ1n) is 10.9. The van der Waals surface area contributed by atoms with Gasteiger partial charge in [0.2, 0.25) is 10.0 Å². The summed E-state index contributed by atoms with van der Waals surface area (Å²) in [4.78, 5) is 15.7. The van der Waals surface area contributed by atoms with Crippen LogP contribution in [0.5, 0.6) is 0 Å². The van der Waals surface area contributed by atoms with Gasteiger partial charge in [-0.3, -0.25) is 9.69 Å². The average molecular weight is 456 g/mol. The van der Waals surface area contributed by atoms with Gasteiger partial charge in [-0.1, -0.05) is 12.8 Å². The van der Waals surface area contributed by atoms with E-state index in [9.17, 15) is 13.2 Å². The first-order chi connectivity index (χ1) is 15.2. The van der Waals surface area contributed by atoms with Crippen LogP contribution >= 0.6 is 0 Å². The van der Waals surface area contributed by atoms with E-state index in [-0.39, 0.29) is 10.7 Å². The monoisotopic (exact) mass is 455 g/mol. The summed E-state index contributed by atoms with van der Waals surface area (Å²) < 4.78 is 30.6. The minimum absolute atomic E-state index is 0.0603. The van der Waals surface area contributed by atoms with E-state index in [0.717, 1.165) is 35.7 Å². The van der Waals surface area contributed by atoms with Gasteiger partial charge in [-0.15, -0.1) is 0 Å². The fraction of sp³-hybridized carbons (Fsp3) is 0.375. The number of furan rings is 1. The first kappa shape index (κ1) is 22.5. The molecule has 0 amide bonds. The van der Waals surface area contributed by atoms with Gasteiger partial charge in [-0.2, -0.15) is 0 Å². The van der Waals surface area contributed by atoms with Crippen molar-refractivity contribution in [1.82, 2.24) is 9.47 Å². The molecule has 1 saturated carbocycles. The number of nitrogens with zero attached hydrogens (tertiary/aromatic N) is 2. The van der Waals surface area contributed by atoms with Gasteiger partial charge >= 0.3 is 0 Å². The molecule has 0 atom stereocenters. The van der Waals surface area contributed by atoms with E-state index in [1.54, 1.807) is 18.4 Å². The third kappa shape index (κ3) is 4.72. The molecule has 0 bridgehead atoms. The summed E-state index contributed by atoms with van der Waals surface area (Å²) in [6, 6.07) is 12.5. The highest BCUT2D eigenvalue weighted by molar-refractivity contribution is 7.89. The zero-order valence-corrected chi connectivity index (χ0v) is 19.3. The molecule has 1 aliphatic rings. The number of carbonyl (C=O) groups is 1. The fourth-order valence-electron chi connectivity index (χ4n) is 4.68. The van der Waals surface area contributed by atoms with E-state index in [1.165, 1.54) is 25.0 Å². The molecular formula is C24H29N3O4S. The number of hydrogen-bond acceptors (Lipinski definition) is 5. The lowest BCUT2D eigenvalue weighted by atomic mass is 10.1. The second kappa shape index (κ2) is 9.05. The number of ketones is 1. The Morgan fingerprint density at radius 3 is 2.44 bits per heavy atom. The van der Waals surface area contributed by atoms with Gasteiger partial charge in [0.05, 0.1) is 24.2 Å². The molecule has 0 radical (unpaired) electrons. The predicted octanol–water partition coefficient (Wildman–Crippen LogP) is 3.96. The van der Waals surface area contributed by atoms with E-state index in [2.05, 4.69) is 4.90 Å². The van der Waals surface area contributed by atoms with E-state index in [0.29, 0.717) is 24.7 Å². The minimum atomic E-state index is -3.75. The van der Waals surface area contributed by atoms with E-state index in [4.69, 9.17) is 9.56 Å². The number of aromatic nitrogens is 1. The van der Waals surface area contributed by atoms with Crippen molar-refractivity contribution in [3.05, 3.63) is 71.4 Å². The molecule has 0 saturated heterocycles. The summed E-state index contributed by atoms with van der Waals surface area (Å²) in [7, 11) is -3.75. The number of carbonyl (C=O) groups excluding carboxylic acids is 1. The molecule has 2 aromatic heterocycles. The van der Waals surface area contributed by atoms with Crippen molar-refractivity contribution >= 4 is 15.8 Å². The Balaban J connectivity index is 1.58. The van der Waals surface area contributed by atoms with E-state index in [1.807, 2.05) is 36.6 Å². The van der Waals surface area contributed by atoms with Crippen molar-refractivity contribution in [2.45, 2.75) is 57.0 Å². The van der Waals surface area contributed by atoms with Crippen molar-refractivity contribution in [3.63, 3.8) is 0 Å². The lowest BCUT2D eigenvalue weighted by molar-refractivity contribution is 0.0872. The highest BCUT2D eigenvalue weighted by Gasteiger charge is 2.27. The standard InChI is InChI=1S/C24H29N3O4S/c1-17-14-23(18(2)27(17)20-9-11-22(12-10-20)32(25,29)30)24(28)16-26(19-6-3-4-7-19)15-21-8-5-13-31-21/h5,8-14,19H,3-4,6-7,15-16H2,1-2H3,(H2,25,29,30). The molecule has 1 fully saturated rings. The average Bonchev–Trinajstić information content (AvgIpc) is 3.49. The molecular weight excluding hydrogens is 426 g/mol. The zero-order valence-electron chi connectivity index (χ0n) is 18.5. The predicted molar refractivity (Wildman–Crippen MR) is 122 cm³/mol. The smallest absolute Gasteiger partial charge is 0.238 e. The van der Waals surface area contributed by atoms with Gasteiger partial charge in [0, 0.05) is 28.7 Å². The van der Waals surface area contributed by atoms with Gasteiger partial charge < -0.3 is 8.98 Å².